The molecule has 0 saturated heterocycles. The summed E-state index contributed by atoms with van der Waals surface area (Å²) in [6, 6.07) is 22.8. The van der Waals surface area contributed by atoms with Crippen LogP contribution in [0.25, 0.3) is 11.3 Å². The highest BCUT2D eigenvalue weighted by atomic mass is 35.5. The second-order valence-corrected chi connectivity index (χ2v) is 7.50. The summed E-state index contributed by atoms with van der Waals surface area (Å²) < 4.78 is 7.19. The van der Waals surface area contributed by atoms with Crippen LogP contribution in [0.5, 0.6) is 5.75 Å². The van der Waals surface area contributed by atoms with Crippen molar-refractivity contribution in [2.45, 2.75) is 6.54 Å². The Morgan fingerprint density at radius 2 is 1.88 bits per heavy atom. The number of nitrogen functional groups attached to an aromatic ring is 1. The van der Waals surface area contributed by atoms with Crippen molar-refractivity contribution >= 4 is 23.3 Å². The standard InChI is InChI=1S/C24H22ClN5O2/c25-18-8-4-10-20(14-18)32-13-12-27-24(31)21-16-30(29-23(21)26)15-19-9-5-11-22(28-19)17-6-2-1-3-7-17/h1-11,14,16H,12-13,15H2,(H2,26,29)(H,27,31). The van der Waals surface area contributed by atoms with Gasteiger partial charge in [0.15, 0.2) is 5.82 Å². The van der Waals surface area contributed by atoms with Crippen molar-refractivity contribution in [1.29, 1.82) is 0 Å². The zero-order chi connectivity index (χ0) is 22.3. The summed E-state index contributed by atoms with van der Waals surface area (Å²) in [4.78, 5) is 17.2. The van der Waals surface area contributed by atoms with Crippen molar-refractivity contribution in [2.24, 2.45) is 0 Å². The number of nitrogens with two attached hydrogens (primary N) is 1. The second-order valence-electron chi connectivity index (χ2n) is 7.07. The molecule has 4 aromatic rings. The average molecular weight is 448 g/mol. The minimum Gasteiger partial charge on any atom is -0.492 e. The number of rotatable bonds is 8. The molecule has 32 heavy (non-hydrogen) atoms. The number of amides is 1. The molecule has 4 rings (SSSR count). The normalized spacial score (nSPS) is 10.7. The van der Waals surface area contributed by atoms with Crippen LogP contribution in [0.3, 0.4) is 0 Å². The Labute approximate surface area is 190 Å². The molecule has 0 spiro atoms. The molecule has 0 saturated carbocycles. The molecule has 7 nitrogen and oxygen atoms in total. The lowest BCUT2D eigenvalue weighted by molar-refractivity contribution is 0.0947. The molecular weight excluding hydrogens is 426 g/mol. The van der Waals surface area contributed by atoms with Gasteiger partial charge in [0, 0.05) is 16.8 Å². The van der Waals surface area contributed by atoms with E-state index in [9.17, 15) is 4.79 Å². The van der Waals surface area contributed by atoms with Crippen molar-refractivity contribution in [2.75, 3.05) is 18.9 Å². The molecule has 2 aromatic carbocycles. The third kappa shape index (κ3) is 5.44. The minimum absolute atomic E-state index is 0.164. The number of nitrogens with one attached hydrogen (secondary N) is 1. The summed E-state index contributed by atoms with van der Waals surface area (Å²) in [7, 11) is 0. The Morgan fingerprint density at radius 3 is 2.69 bits per heavy atom. The van der Waals surface area contributed by atoms with Crippen LogP contribution < -0.4 is 15.8 Å². The first-order valence-corrected chi connectivity index (χ1v) is 10.5. The van der Waals surface area contributed by atoms with E-state index in [0.29, 0.717) is 36.0 Å². The Hall–Kier alpha value is -3.84. The summed E-state index contributed by atoms with van der Waals surface area (Å²) in [5.41, 5.74) is 9.01. The number of carbonyl (C=O) groups is 1. The zero-order valence-corrected chi connectivity index (χ0v) is 18.0. The maximum Gasteiger partial charge on any atom is 0.256 e. The molecule has 2 aromatic heterocycles. The van der Waals surface area contributed by atoms with Crippen molar-refractivity contribution in [1.82, 2.24) is 20.1 Å². The first kappa shape index (κ1) is 21.4. The maximum atomic E-state index is 12.5. The van der Waals surface area contributed by atoms with Crippen LogP contribution in [-0.4, -0.2) is 33.8 Å². The fourth-order valence-corrected chi connectivity index (χ4v) is 3.36. The molecule has 0 atom stereocenters. The van der Waals surface area contributed by atoms with Gasteiger partial charge in [-0.15, -0.1) is 0 Å². The van der Waals surface area contributed by atoms with Gasteiger partial charge in [-0.05, 0) is 30.3 Å². The molecule has 3 N–H and O–H groups in total. The van der Waals surface area contributed by atoms with Gasteiger partial charge in [-0.3, -0.25) is 14.5 Å². The summed E-state index contributed by atoms with van der Waals surface area (Å²) in [5, 5.41) is 7.64. The first-order chi connectivity index (χ1) is 15.6. The fraction of sp³-hybridized carbons (Fsp3) is 0.125. The molecule has 2 heterocycles. The Kier molecular flexibility index (Phi) is 6.67. The van der Waals surface area contributed by atoms with Crippen molar-refractivity contribution in [3.05, 3.63) is 95.3 Å². The van der Waals surface area contributed by atoms with E-state index in [1.807, 2.05) is 48.5 Å². The largest absolute Gasteiger partial charge is 0.492 e. The number of benzene rings is 2. The van der Waals surface area contributed by atoms with Crippen LogP contribution in [0.15, 0.2) is 79.0 Å². The molecule has 0 aliphatic heterocycles. The van der Waals surface area contributed by atoms with Crippen molar-refractivity contribution in [3.8, 4) is 17.0 Å². The van der Waals surface area contributed by atoms with E-state index in [0.717, 1.165) is 17.0 Å². The predicted octanol–water partition coefficient (Wildman–Crippen LogP) is 4.04. The highest BCUT2D eigenvalue weighted by Crippen LogP contribution is 2.18. The lowest BCUT2D eigenvalue weighted by Crippen LogP contribution is -2.28. The number of halogens is 1. The van der Waals surface area contributed by atoms with E-state index in [4.69, 9.17) is 22.1 Å². The van der Waals surface area contributed by atoms with Crippen molar-refractivity contribution in [3.63, 3.8) is 0 Å². The molecule has 8 heteroatoms. The van der Waals surface area contributed by atoms with Gasteiger partial charge in [-0.25, -0.2) is 0 Å². The lowest BCUT2D eigenvalue weighted by atomic mass is 10.1. The highest BCUT2D eigenvalue weighted by Gasteiger charge is 2.14. The van der Waals surface area contributed by atoms with E-state index >= 15 is 0 Å². The molecule has 0 radical (unpaired) electrons. The topological polar surface area (TPSA) is 95.1 Å². The molecule has 0 bridgehead atoms. The van der Waals surface area contributed by atoms with Crippen LogP contribution in [-0.2, 0) is 6.54 Å². The van der Waals surface area contributed by atoms with Crippen LogP contribution in [0.4, 0.5) is 5.82 Å². The zero-order valence-electron chi connectivity index (χ0n) is 17.2. The highest BCUT2D eigenvalue weighted by molar-refractivity contribution is 6.30. The second kappa shape index (κ2) is 9.98. The molecule has 0 fully saturated rings. The number of pyridine rings is 1. The minimum atomic E-state index is -0.311. The maximum absolute atomic E-state index is 12.5. The molecular formula is C24H22ClN5O2. The lowest BCUT2D eigenvalue weighted by Gasteiger charge is -2.07. The summed E-state index contributed by atoms with van der Waals surface area (Å²) in [6.45, 7) is 1.02. The predicted molar refractivity (Wildman–Crippen MR) is 125 cm³/mol. The van der Waals surface area contributed by atoms with Gasteiger partial charge < -0.3 is 15.8 Å². The number of anilines is 1. The third-order valence-corrected chi connectivity index (χ3v) is 4.92. The van der Waals surface area contributed by atoms with E-state index in [1.54, 1.807) is 35.1 Å². The van der Waals surface area contributed by atoms with E-state index < -0.39 is 0 Å². The number of ether oxygens (including phenoxy) is 1. The summed E-state index contributed by atoms with van der Waals surface area (Å²) >= 11 is 5.93. The third-order valence-electron chi connectivity index (χ3n) is 4.69. The number of hydrogen-bond acceptors (Lipinski definition) is 5. The summed E-state index contributed by atoms with van der Waals surface area (Å²) in [6.07, 6.45) is 1.62. The monoisotopic (exact) mass is 447 g/mol. The van der Waals surface area contributed by atoms with Crippen LogP contribution in [0.2, 0.25) is 5.02 Å². The van der Waals surface area contributed by atoms with Crippen LogP contribution >= 0.6 is 11.6 Å². The molecule has 0 aliphatic carbocycles. The average Bonchev–Trinajstić information content (AvgIpc) is 3.17. The van der Waals surface area contributed by atoms with Crippen LogP contribution in [0.1, 0.15) is 16.1 Å². The molecule has 0 aliphatic rings. The first-order valence-electron chi connectivity index (χ1n) is 10.1. The Morgan fingerprint density at radius 1 is 1.06 bits per heavy atom. The Balaban J connectivity index is 1.35. The number of aromatic nitrogens is 3. The SMILES string of the molecule is Nc1nn(Cc2cccc(-c3ccccc3)n2)cc1C(=O)NCCOc1cccc(Cl)c1. The molecule has 1 amide bonds. The van der Waals surface area contributed by atoms with E-state index in [-0.39, 0.29) is 11.7 Å². The van der Waals surface area contributed by atoms with Gasteiger partial charge in [0.25, 0.3) is 5.91 Å². The number of carbonyl (C=O) groups excluding carboxylic acids is 1. The van der Waals surface area contributed by atoms with Gasteiger partial charge in [-0.1, -0.05) is 54.1 Å². The fourth-order valence-electron chi connectivity index (χ4n) is 3.18. The van der Waals surface area contributed by atoms with Gasteiger partial charge >= 0.3 is 0 Å². The molecule has 0 unspecified atom stereocenters. The quantitative estimate of drug-likeness (QED) is 0.397. The van der Waals surface area contributed by atoms with Gasteiger partial charge in [0.1, 0.15) is 17.9 Å². The van der Waals surface area contributed by atoms with Gasteiger partial charge in [-0.2, -0.15) is 5.10 Å². The van der Waals surface area contributed by atoms with Crippen LogP contribution in [0, 0.1) is 0 Å². The molecule has 162 valence electrons. The Bertz CT molecular complexity index is 1210. The van der Waals surface area contributed by atoms with E-state index in [1.165, 1.54) is 0 Å². The van der Waals surface area contributed by atoms with Gasteiger partial charge in [0.2, 0.25) is 0 Å². The smallest absolute Gasteiger partial charge is 0.256 e. The van der Waals surface area contributed by atoms with Gasteiger partial charge in [0.05, 0.1) is 24.5 Å². The number of hydrogen-bond donors (Lipinski definition) is 2. The summed E-state index contributed by atoms with van der Waals surface area (Å²) in [5.74, 6) is 0.497. The van der Waals surface area contributed by atoms with Crippen molar-refractivity contribution < 1.29 is 9.53 Å². The number of nitrogens with zero attached hydrogens (tertiary/aromatic N) is 3. The van der Waals surface area contributed by atoms with E-state index in [2.05, 4.69) is 15.4 Å².